The molecule has 7 nitrogen and oxygen atoms in total. The van der Waals surface area contributed by atoms with Crippen molar-refractivity contribution in [2.45, 2.75) is 57.4 Å². The zero-order valence-electron chi connectivity index (χ0n) is 21.8. The Balaban J connectivity index is 2.03. The van der Waals surface area contributed by atoms with Crippen LogP contribution in [0.1, 0.15) is 51.0 Å². The van der Waals surface area contributed by atoms with Crippen molar-refractivity contribution in [3.63, 3.8) is 0 Å². The molecule has 2 atom stereocenters. The van der Waals surface area contributed by atoms with Crippen LogP contribution in [0.2, 0.25) is 0 Å². The van der Waals surface area contributed by atoms with Gasteiger partial charge in [0.15, 0.2) is 0 Å². The third-order valence-electron chi connectivity index (χ3n) is 5.99. The minimum absolute atomic E-state index is 0.129. The Bertz CT molecular complexity index is 1300. The summed E-state index contributed by atoms with van der Waals surface area (Å²) in [6.07, 6.45) is 3.08. The van der Waals surface area contributed by atoms with Crippen molar-refractivity contribution < 1.29 is 26.8 Å². The van der Waals surface area contributed by atoms with E-state index < -0.39 is 43.2 Å². The number of nitrogens with zero attached hydrogens (tertiary/aromatic N) is 1. The number of halogens is 1. The smallest absolute Gasteiger partial charge is 0.216 e. The predicted molar refractivity (Wildman–Crippen MR) is 144 cm³/mol. The lowest BCUT2D eigenvalue weighted by Crippen LogP contribution is -2.54. The van der Waals surface area contributed by atoms with Crippen LogP contribution in [0.5, 0.6) is 5.75 Å². The number of fused-ring (bicyclic) bond motifs is 1. The fourth-order valence-corrected chi connectivity index (χ4v) is 7.87. The van der Waals surface area contributed by atoms with E-state index in [-0.39, 0.29) is 11.4 Å². The lowest BCUT2D eigenvalue weighted by atomic mass is 10.0. The van der Waals surface area contributed by atoms with Crippen molar-refractivity contribution in [1.82, 2.24) is 9.03 Å². The number of rotatable bonds is 10. The molecule has 1 aromatic heterocycles. The van der Waals surface area contributed by atoms with Crippen LogP contribution < -0.4 is 19.2 Å². The van der Waals surface area contributed by atoms with Crippen LogP contribution in [0.15, 0.2) is 24.3 Å². The Morgan fingerprint density at radius 2 is 1.81 bits per heavy atom. The van der Waals surface area contributed by atoms with Gasteiger partial charge < -0.3 is 14.0 Å². The SMILES string of the molecule is COC1=c2sc([C@](C)(CS(=O)(=O)N(C)Cc3ccc(OC)cc3)N[S+]([O-])C(C)(C)C)c(F)c2=CCC1. The first kappa shape index (κ1) is 28.9. The predicted octanol–water partition coefficient (Wildman–Crippen LogP) is 2.95. The van der Waals surface area contributed by atoms with Gasteiger partial charge in [-0.05, 0) is 51.8 Å². The van der Waals surface area contributed by atoms with E-state index in [2.05, 4.69) is 4.72 Å². The number of hydrogen-bond acceptors (Lipinski definition) is 7. The van der Waals surface area contributed by atoms with Crippen molar-refractivity contribution in [3.8, 4) is 5.75 Å². The number of ether oxygens (including phenoxy) is 2. The lowest BCUT2D eigenvalue weighted by Gasteiger charge is -2.35. The molecule has 0 spiro atoms. The van der Waals surface area contributed by atoms with E-state index in [0.717, 1.165) is 16.9 Å². The molecule has 0 radical (unpaired) electrons. The minimum Gasteiger partial charge on any atom is -0.598 e. The van der Waals surface area contributed by atoms with E-state index >= 15 is 4.39 Å². The normalized spacial score (nSPS) is 16.8. The third kappa shape index (κ3) is 6.25. The van der Waals surface area contributed by atoms with Crippen LogP contribution in [-0.2, 0) is 38.2 Å². The summed E-state index contributed by atoms with van der Waals surface area (Å²) in [6.45, 7) is 7.06. The van der Waals surface area contributed by atoms with Gasteiger partial charge in [-0.15, -0.1) is 16.1 Å². The molecule has 1 aromatic carbocycles. The number of benzene rings is 1. The summed E-state index contributed by atoms with van der Waals surface area (Å²) in [5.41, 5.74) is -0.675. The lowest BCUT2D eigenvalue weighted by molar-refractivity contribution is 0.349. The summed E-state index contributed by atoms with van der Waals surface area (Å²) in [7, 11) is 0.687. The average Bonchev–Trinajstić information content (AvgIpc) is 3.16. The first-order valence-corrected chi connectivity index (χ1v) is 15.1. The molecule has 1 unspecified atom stereocenters. The van der Waals surface area contributed by atoms with Crippen LogP contribution in [-0.4, -0.2) is 49.0 Å². The molecule has 1 N–H and O–H groups in total. The molecule has 0 fully saturated rings. The molecular weight excluding hydrogens is 523 g/mol. The molecule has 200 valence electrons. The van der Waals surface area contributed by atoms with Crippen LogP contribution in [0.3, 0.4) is 0 Å². The maximum Gasteiger partial charge on any atom is 0.216 e. The molecule has 1 heterocycles. The highest BCUT2D eigenvalue weighted by molar-refractivity contribution is 7.91. The molecular formula is C25H35FN2O5S3. The summed E-state index contributed by atoms with van der Waals surface area (Å²) in [6, 6.07) is 7.11. The van der Waals surface area contributed by atoms with Crippen LogP contribution in [0, 0.1) is 5.82 Å². The first-order chi connectivity index (χ1) is 16.7. The molecule has 0 saturated heterocycles. The number of methoxy groups -OCH3 is 2. The van der Waals surface area contributed by atoms with Gasteiger partial charge in [-0.1, -0.05) is 18.2 Å². The van der Waals surface area contributed by atoms with Crippen LogP contribution >= 0.6 is 11.3 Å². The van der Waals surface area contributed by atoms with Gasteiger partial charge >= 0.3 is 0 Å². The Kier molecular flexibility index (Phi) is 8.84. The van der Waals surface area contributed by atoms with Gasteiger partial charge in [0.05, 0.1) is 29.4 Å². The van der Waals surface area contributed by atoms with Crippen molar-refractivity contribution in [1.29, 1.82) is 0 Å². The molecule has 1 aliphatic rings. The van der Waals surface area contributed by atoms with Crippen molar-refractivity contribution in [3.05, 3.63) is 50.3 Å². The second-order valence-corrected chi connectivity index (χ2v) is 15.1. The summed E-state index contributed by atoms with van der Waals surface area (Å²) < 4.78 is 70.9. The zero-order chi connectivity index (χ0) is 26.9. The van der Waals surface area contributed by atoms with E-state index in [4.69, 9.17) is 9.47 Å². The van der Waals surface area contributed by atoms with Gasteiger partial charge in [0, 0.05) is 36.6 Å². The molecule has 0 amide bonds. The zero-order valence-corrected chi connectivity index (χ0v) is 24.3. The van der Waals surface area contributed by atoms with Crippen molar-refractivity contribution >= 4 is 44.6 Å². The molecule has 1 aliphatic carbocycles. The maximum absolute atomic E-state index is 15.8. The Hall–Kier alpha value is -1.63. The second kappa shape index (κ2) is 11.0. The van der Waals surface area contributed by atoms with Gasteiger partial charge in [0.25, 0.3) is 0 Å². The van der Waals surface area contributed by atoms with Gasteiger partial charge in [-0.2, -0.15) is 0 Å². The summed E-state index contributed by atoms with van der Waals surface area (Å²) in [4.78, 5) is 0.194. The highest BCUT2D eigenvalue weighted by atomic mass is 32.2. The number of hydrogen-bond donors (Lipinski definition) is 1. The first-order valence-electron chi connectivity index (χ1n) is 11.5. The monoisotopic (exact) mass is 558 g/mol. The molecule has 0 bridgehead atoms. The Labute approximate surface area is 220 Å². The highest BCUT2D eigenvalue weighted by Gasteiger charge is 2.44. The van der Waals surface area contributed by atoms with Crippen molar-refractivity contribution in [2.24, 2.45) is 0 Å². The highest BCUT2D eigenvalue weighted by Crippen LogP contribution is 2.32. The van der Waals surface area contributed by atoms with Crippen LogP contribution in [0.25, 0.3) is 11.8 Å². The Morgan fingerprint density at radius 3 is 2.36 bits per heavy atom. The fraction of sp³-hybridized carbons (Fsp3) is 0.520. The minimum atomic E-state index is -3.91. The molecule has 0 aliphatic heterocycles. The second-order valence-electron chi connectivity index (χ2n) is 10.0. The molecule has 36 heavy (non-hydrogen) atoms. The van der Waals surface area contributed by atoms with E-state index in [1.807, 2.05) is 0 Å². The topological polar surface area (TPSA) is 90.9 Å². The van der Waals surface area contributed by atoms with E-state index in [1.54, 1.807) is 72.3 Å². The fourth-order valence-electron chi connectivity index (χ4n) is 3.88. The number of thiophene rings is 1. The van der Waals surface area contributed by atoms with E-state index in [9.17, 15) is 13.0 Å². The van der Waals surface area contributed by atoms with E-state index in [1.165, 1.54) is 11.4 Å². The average molecular weight is 559 g/mol. The molecule has 2 aromatic rings. The summed E-state index contributed by atoms with van der Waals surface area (Å²) >= 11 is -0.504. The molecule has 11 heteroatoms. The summed E-state index contributed by atoms with van der Waals surface area (Å²) in [5, 5.41) is 0.414. The van der Waals surface area contributed by atoms with Gasteiger partial charge in [0.2, 0.25) is 10.0 Å². The van der Waals surface area contributed by atoms with Gasteiger partial charge in [-0.25, -0.2) is 17.1 Å². The largest absolute Gasteiger partial charge is 0.598 e. The number of nitrogens with one attached hydrogen (secondary N) is 1. The molecule has 3 rings (SSSR count). The maximum atomic E-state index is 15.8. The van der Waals surface area contributed by atoms with E-state index in [0.29, 0.717) is 34.1 Å². The van der Waals surface area contributed by atoms with Gasteiger partial charge in [0.1, 0.15) is 27.6 Å². The van der Waals surface area contributed by atoms with Crippen molar-refractivity contribution in [2.75, 3.05) is 27.0 Å². The third-order valence-corrected chi connectivity index (χ3v) is 11.2. The van der Waals surface area contributed by atoms with Gasteiger partial charge in [-0.3, -0.25) is 0 Å². The quantitative estimate of drug-likeness (QED) is 0.451. The number of sulfonamides is 1. The summed E-state index contributed by atoms with van der Waals surface area (Å²) in [5.74, 6) is 0.360. The van der Waals surface area contributed by atoms with Crippen LogP contribution in [0.4, 0.5) is 4.39 Å². The Morgan fingerprint density at radius 1 is 1.17 bits per heavy atom. The standard InChI is InChI=1S/C25H35FN2O5S3/c1-24(2,3)35(29)27-25(4,23-21(26)19-9-8-10-20(33-7)22(19)34-23)16-36(30,31)28(5)15-17-11-13-18(32-6)14-12-17/h9,11-14,27H,8,10,15-16H2,1-7H3/t25-,35?/m0/s1. The molecule has 0 saturated carbocycles.